The summed E-state index contributed by atoms with van der Waals surface area (Å²) in [4.78, 5) is 10.7. The van der Waals surface area contributed by atoms with Crippen LogP contribution >= 0.6 is 0 Å². The van der Waals surface area contributed by atoms with Gasteiger partial charge in [-0.05, 0) is 32.3 Å². The van der Waals surface area contributed by atoms with E-state index in [-0.39, 0.29) is 0 Å². The Balaban J connectivity index is 1.86. The van der Waals surface area contributed by atoms with Gasteiger partial charge in [-0.25, -0.2) is 9.98 Å². The number of hydrogen-bond acceptors (Lipinski definition) is 6. The molecule has 2 heterocycles. The highest BCUT2D eigenvalue weighted by atomic mass is 16.3. The van der Waals surface area contributed by atoms with Crippen molar-refractivity contribution in [2.45, 2.75) is 32.4 Å². The monoisotopic (exact) mass is 349 g/mol. The lowest BCUT2D eigenvalue weighted by molar-refractivity contribution is -0.0590. The molecule has 26 heavy (non-hydrogen) atoms. The summed E-state index contributed by atoms with van der Waals surface area (Å²) < 4.78 is 0. The predicted molar refractivity (Wildman–Crippen MR) is 102 cm³/mol. The molecule has 1 aromatic carbocycles. The van der Waals surface area contributed by atoms with Crippen molar-refractivity contribution in [1.29, 1.82) is 5.26 Å². The van der Waals surface area contributed by atoms with Crippen LogP contribution < -0.4 is 5.32 Å². The Morgan fingerprint density at radius 1 is 1.31 bits per heavy atom. The van der Waals surface area contributed by atoms with E-state index in [1.807, 2.05) is 30.0 Å². The van der Waals surface area contributed by atoms with Crippen molar-refractivity contribution in [3.8, 4) is 6.07 Å². The lowest BCUT2D eigenvalue weighted by Crippen LogP contribution is -2.46. The fourth-order valence-electron chi connectivity index (χ4n) is 3.43. The smallest absolute Gasteiger partial charge is 0.166 e. The number of aliphatic imine (C=N–C) groups is 1. The van der Waals surface area contributed by atoms with Gasteiger partial charge in [0.05, 0.1) is 17.6 Å². The second kappa shape index (κ2) is 7.14. The lowest BCUT2D eigenvalue weighted by Gasteiger charge is -2.40. The number of aromatic nitrogens is 1. The summed E-state index contributed by atoms with van der Waals surface area (Å²) in [6.07, 6.45) is 3.44. The SMILES string of the molecule is CNc1nc(C)c2c(c1C#N)N=CN(CCCc1ccccc1)C2(C)O. The number of hydrogen-bond donors (Lipinski definition) is 2. The van der Waals surface area contributed by atoms with Gasteiger partial charge in [0, 0.05) is 19.3 Å². The van der Waals surface area contributed by atoms with Crippen molar-refractivity contribution in [1.82, 2.24) is 9.88 Å². The minimum atomic E-state index is -1.26. The van der Waals surface area contributed by atoms with E-state index >= 15 is 0 Å². The third-order valence-electron chi connectivity index (χ3n) is 4.77. The molecule has 134 valence electrons. The first-order chi connectivity index (χ1) is 12.5. The molecule has 0 saturated carbocycles. The fraction of sp³-hybridized carbons (Fsp3) is 0.350. The zero-order chi connectivity index (χ0) is 18.7. The molecule has 0 spiro atoms. The van der Waals surface area contributed by atoms with Crippen LogP contribution in [0.25, 0.3) is 0 Å². The highest BCUT2D eigenvalue weighted by Crippen LogP contribution is 2.41. The van der Waals surface area contributed by atoms with Gasteiger partial charge >= 0.3 is 0 Å². The normalized spacial score (nSPS) is 18.3. The van der Waals surface area contributed by atoms with Crippen molar-refractivity contribution >= 4 is 17.8 Å². The molecule has 3 rings (SSSR count). The Kier molecular flexibility index (Phi) is 4.92. The van der Waals surface area contributed by atoms with E-state index in [0.29, 0.717) is 34.9 Å². The molecule has 0 aliphatic carbocycles. The van der Waals surface area contributed by atoms with Gasteiger partial charge < -0.3 is 15.3 Å². The van der Waals surface area contributed by atoms with Crippen molar-refractivity contribution in [2.24, 2.45) is 4.99 Å². The summed E-state index contributed by atoms with van der Waals surface area (Å²) in [5.74, 6) is 0.481. The van der Waals surface area contributed by atoms with Crippen LogP contribution in [0.5, 0.6) is 0 Å². The Hall–Kier alpha value is -2.91. The summed E-state index contributed by atoms with van der Waals surface area (Å²) in [6, 6.07) is 12.4. The molecule has 1 unspecified atom stereocenters. The second-order valence-electron chi connectivity index (χ2n) is 6.55. The van der Waals surface area contributed by atoms with Gasteiger partial charge in [-0.15, -0.1) is 0 Å². The first kappa shape index (κ1) is 17.9. The minimum absolute atomic E-state index is 0.355. The number of aliphatic hydroxyl groups is 1. The third kappa shape index (κ3) is 3.14. The molecule has 1 aliphatic heterocycles. The number of pyridine rings is 1. The molecule has 2 aromatic rings. The molecule has 0 radical (unpaired) electrons. The molecule has 1 aromatic heterocycles. The highest BCUT2D eigenvalue weighted by molar-refractivity contribution is 5.78. The highest BCUT2D eigenvalue weighted by Gasteiger charge is 2.38. The average molecular weight is 349 g/mol. The fourth-order valence-corrected chi connectivity index (χ4v) is 3.43. The maximum Gasteiger partial charge on any atom is 0.166 e. The maximum atomic E-state index is 11.2. The van der Waals surface area contributed by atoms with Gasteiger partial charge in [-0.3, -0.25) is 0 Å². The predicted octanol–water partition coefficient (Wildman–Crippen LogP) is 3.08. The number of fused-ring (bicyclic) bond motifs is 1. The van der Waals surface area contributed by atoms with Crippen molar-refractivity contribution in [2.75, 3.05) is 18.9 Å². The van der Waals surface area contributed by atoms with E-state index in [2.05, 4.69) is 33.5 Å². The summed E-state index contributed by atoms with van der Waals surface area (Å²) >= 11 is 0. The van der Waals surface area contributed by atoms with Crippen LogP contribution in [0.4, 0.5) is 11.5 Å². The van der Waals surface area contributed by atoms with Crippen LogP contribution in [0.2, 0.25) is 0 Å². The molecule has 6 heteroatoms. The number of rotatable bonds is 5. The van der Waals surface area contributed by atoms with Crippen LogP contribution in [0, 0.1) is 18.3 Å². The molecule has 6 nitrogen and oxygen atoms in total. The van der Waals surface area contributed by atoms with E-state index in [0.717, 1.165) is 12.8 Å². The number of nitrogens with zero attached hydrogens (tertiary/aromatic N) is 4. The molecular formula is C20H23N5O. The van der Waals surface area contributed by atoms with Gasteiger partial charge in [0.25, 0.3) is 0 Å². The molecule has 1 aliphatic rings. The number of nitriles is 1. The van der Waals surface area contributed by atoms with Crippen molar-refractivity contribution in [3.63, 3.8) is 0 Å². The van der Waals surface area contributed by atoms with Crippen LogP contribution in [0.3, 0.4) is 0 Å². The number of nitrogens with one attached hydrogen (secondary N) is 1. The van der Waals surface area contributed by atoms with Gasteiger partial charge in [0.2, 0.25) is 0 Å². The van der Waals surface area contributed by atoms with Crippen molar-refractivity contribution < 1.29 is 5.11 Å². The Labute approximate surface area is 153 Å². The van der Waals surface area contributed by atoms with Crippen LogP contribution in [0.1, 0.15) is 35.7 Å². The van der Waals surface area contributed by atoms with E-state index in [1.165, 1.54) is 5.56 Å². The van der Waals surface area contributed by atoms with Crippen LogP contribution in [-0.4, -0.2) is 34.9 Å². The number of benzene rings is 1. The summed E-state index contributed by atoms with van der Waals surface area (Å²) in [5.41, 5.74) is 2.11. The summed E-state index contributed by atoms with van der Waals surface area (Å²) in [7, 11) is 1.72. The topological polar surface area (TPSA) is 84.5 Å². The van der Waals surface area contributed by atoms with Gasteiger partial charge in [0.15, 0.2) is 5.72 Å². The maximum absolute atomic E-state index is 11.2. The zero-order valence-corrected chi connectivity index (χ0v) is 15.3. The third-order valence-corrected chi connectivity index (χ3v) is 4.77. The van der Waals surface area contributed by atoms with E-state index in [9.17, 15) is 10.4 Å². The molecule has 2 N–H and O–H groups in total. The molecule has 1 atom stereocenters. The van der Waals surface area contributed by atoms with Gasteiger partial charge in [0.1, 0.15) is 17.5 Å². The van der Waals surface area contributed by atoms with E-state index < -0.39 is 5.72 Å². The van der Waals surface area contributed by atoms with E-state index in [4.69, 9.17) is 0 Å². The number of aryl methyl sites for hydroxylation is 2. The number of anilines is 1. The minimum Gasteiger partial charge on any atom is -0.372 e. The lowest BCUT2D eigenvalue weighted by atomic mass is 9.95. The second-order valence-corrected chi connectivity index (χ2v) is 6.55. The summed E-state index contributed by atoms with van der Waals surface area (Å²) in [5, 5.41) is 23.6. The first-order valence-corrected chi connectivity index (χ1v) is 8.69. The largest absolute Gasteiger partial charge is 0.372 e. The van der Waals surface area contributed by atoms with Crippen molar-refractivity contribution in [3.05, 3.63) is 52.7 Å². The first-order valence-electron chi connectivity index (χ1n) is 8.69. The molecule has 0 amide bonds. The molecule has 0 saturated heterocycles. The summed E-state index contributed by atoms with van der Waals surface area (Å²) in [6.45, 7) is 4.21. The quantitative estimate of drug-likeness (QED) is 0.866. The molecule has 0 fully saturated rings. The van der Waals surface area contributed by atoms with Gasteiger partial charge in [-0.1, -0.05) is 30.3 Å². The average Bonchev–Trinajstić information content (AvgIpc) is 2.63. The molecular weight excluding hydrogens is 326 g/mol. The van der Waals surface area contributed by atoms with Crippen LogP contribution in [-0.2, 0) is 12.1 Å². The Bertz CT molecular complexity index is 868. The van der Waals surface area contributed by atoms with Gasteiger partial charge in [-0.2, -0.15) is 5.26 Å². The van der Waals surface area contributed by atoms with Crippen LogP contribution in [0.15, 0.2) is 35.3 Å². The van der Waals surface area contributed by atoms with E-state index in [1.54, 1.807) is 20.3 Å². The molecule has 0 bridgehead atoms. The zero-order valence-electron chi connectivity index (χ0n) is 15.3. The Morgan fingerprint density at radius 2 is 2.04 bits per heavy atom. The standard InChI is InChI=1S/C20H23N5O/c1-14-17-18(16(12-21)19(22-3)24-14)23-13-25(20(17,2)26)11-7-10-15-8-5-4-6-9-15/h4-6,8-9,13,26H,7,10-11H2,1-3H3,(H,22,24). The Morgan fingerprint density at radius 3 is 2.69 bits per heavy atom.